The maximum Gasteiger partial charge on any atom is 0.363 e. The average molecular weight is 275 g/mol. The Kier molecular flexibility index (Phi) is 3.79. The Bertz CT molecular complexity index is 649. The monoisotopic (exact) mass is 275 g/mol. The number of rotatable bonds is 4. The van der Waals surface area contributed by atoms with E-state index in [9.17, 15) is 14.9 Å². The third-order valence-electron chi connectivity index (χ3n) is 2.83. The van der Waals surface area contributed by atoms with Crippen molar-refractivity contribution in [2.45, 2.75) is 13.5 Å². The molecule has 2 aromatic rings. The van der Waals surface area contributed by atoms with E-state index in [0.29, 0.717) is 0 Å². The minimum absolute atomic E-state index is 0.140. The molecule has 1 heterocycles. The van der Waals surface area contributed by atoms with Gasteiger partial charge in [-0.3, -0.25) is 10.1 Å². The Morgan fingerprint density at radius 2 is 2.05 bits per heavy atom. The van der Waals surface area contributed by atoms with Gasteiger partial charge in [0.15, 0.2) is 0 Å². The van der Waals surface area contributed by atoms with E-state index in [4.69, 9.17) is 0 Å². The molecule has 7 heteroatoms. The molecule has 0 amide bonds. The van der Waals surface area contributed by atoms with Crippen molar-refractivity contribution in [2.24, 2.45) is 0 Å². The molecule has 0 aliphatic heterocycles. The van der Waals surface area contributed by atoms with Gasteiger partial charge >= 0.3 is 11.7 Å². The summed E-state index contributed by atoms with van der Waals surface area (Å²) in [5, 5.41) is 15.1. The van der Waals surface area contributed by atoms with Gasteiger partial charge in [-0.2, -0.15) is 5.10 Å². The molecule has 1 aromatic carbocycles. The highest BCUT2D eigenvalue weighted by Crippen LogP contribution is 2.24. The summed E-state index contributed by atoms with van der Waals surface area (Å²) in [7, 11) is 1.18. The summed E-state index contributed by atoms with van der Waals surface area (Å²) in [6.45, 7) is 1.76. The van der Waals surface area contributed by atoms with Crippen molar-refractivity contribution in [3.63, 3.8) is 0 Å². The zero-order valence-corrected chi connectivity index (χ0v) is 11.1. The fourth-order valence-corrected chi connectivity index (χ4v) is 1.96. The summed E-state index contributed by atoms with van der Waals surface area (Å²) >= 11 is 0. The molecule has 0 fully saturated rings. The fourth-order valence-electron chi connectivity index (χ4n) is 1.96. The topological polar surface area (TPSA) is 87.3 Å². The van der Waals surface area contributed by atoms with Crippen molar-refractivity contribution in [1.29, 1.82) is 0 Å². The van der Waals surface area contributed by atoms with Crippen LogP contribution in [0.1, 0.15) is 21.7 Å². The van der Waals surface area contributed by atoms with Crippen molar-refractivity contribution in [2.75, 3.05) is 7.11 Å². The standard InChI is InChI=1S/C13H13N3O4/c1-9-11(16(18)19)12(13(17)20-2)15(14-9)8-10-6-4-3-5-7-10/h3-7H,8H2,1-2H3. The Hall–Kier alpha value is -2.70. The van der Waals surface area contributed by atoms with Crippen molar-refractivity contribution in [3.8, 4) is 0 Å². The zero-order chi connectivity index (χ0) is 14.7. The second-order valence-corrected chi connectivity index (χ2v) is 4.17. The van der Waals surface area contributed by atoms with Gasteiger partial charge < -0.3 is 4.74 Å². The van der Waals surface area contributed by atoms with Gasteiger partial charge in [0.2, 0.25) is 5.69 Å². The van der Waals surface area contributed by atoms with Crippen LogP contribution in [0.15, 0.2) is 30.3 Å². The molecule has 104 valence electrons. The lowest BCUT2D eigenvalue weighted by Crippen LogP contribution is -2.14. The van der Waals surface area contributed by atoms with Crippen molar-refractivity contribution in [1.82, 2.24) is 9.78 Å². The van der Waals surface area contributed by atoms with E-state index in [1.807, 2.05) is 30.3 Å². The van der Waals surface area contributed by atoms with Gasteiger partial charge in [-0.1, -0.05) is 30.3 Å². The van der Waals surface area contributed by atoms with E-state index in [2.05, 4.69) is 9.84 Å². The largest absolute Gasteiger partial charge is 0.464 e. The van der Waals surface area contributed by atoms with Gasteiger partial charge in [-0.25, -0.2) is 9.48 Å². The normalized spacial score (nSPS) is 10.3. The molecule has 0 unspecified atom stereocenters. The Labute approximate surface area is 114 Å². The zero-order valence-electron chi connectivity index (χ0n) is 11.1. The minimum Gasteiger partial charge on any atom is -0.464 e. The highest BCUT2D eigenvalue weighted by Gasteiger charge is 2.31. The van der Waals surface area contributed by atoms with Crippen LogP contribution in [0.2, 0.25) is 0 Å². The molecule has 20 heavy (non-hydrogen) atoms. The molecule has 0 N–H and O–H groups in total. The first-order valence-corrected chi connectivity index (χ1v) is 5.88. The molecule has 0 atom stereocenters. The van der Waals surface area contributed by atoms with Crippen LogP contribution in [0.4, 0.5) is 5.69 Å². The first-order valence-electron chi connectivity index (χ1n) is 5.88. The molecular formula is C13H13N3O4. The lowest BCUT2D eigenvalue weighted by atomic mass is 10.2. The second kappa shape index (κ2) is 5.52. The van der Waals surface area contributed by atoms with Gasteiger partial charge in [0, 0.05) is 0 Å². The number of aryl methyl sites for hydroxylation is 1. The van der Waals surface area contributed by atoms with Crippen LogP contribution in [0.3, 0.4) is 0 Å². The molecule has 0 bridgehead atoms. The van der Waals surface area contributed by atoms with Crippen molar-refractivity contribution in [3.05, 3.63) is 57.4 Å². The number of hydrogen-bond donors (Lipinski definition) is 0. The third-order valence-corrected chi connectivity index (χ3v) is 2.83. The van der Waals surface area contributed by atoms with Crippen LogP contribution in [-0.2, 0) is 11.3 Å². The predicted octanol–water partition coefficient (Wildman–Crippen LogP) is 1.93. The highest BCUT2D eigenvalue weighted by molar-refractivity contribution is 5.92. The summed E-state index contributed by atoms with van der Waals surface area (Å²) in [6.07, 6.45) is 0. The Morgan fingerprint density at radius 1 is 1.40 bits per heavy atom. The van der Waals surface area contributed by atoms with E-state index in [1.165, 1.54) is 18.7 Å². The van der Waals surface area contributed by atoms with Crippen LogP contribution in [0.5, 0.6) is 0 Å². The van der Waals surface area contributed by atoms with E-state index < -0.39 is 10.9 Å². The molecule has 0 aliphatic rings. The number of nitrogens with zero attached hydrogens (tertiary/aromatic N) is 3. The number of hydrogen-bond acceptors (Lipinski definition) is 5. The molecule has 1 aromatic heterocycles. The number of carbonyl (C=O) groups is 1. The van der Waals surface area contributed by atoms with Crippen LogP contribution in [0.25, 0.3) is 0 Å². The maximum absolute atomic E-state index is 11.8. The molecular weight excluding hydrogens is 262 g/mol. The lowest BCUT2D eigenvalue weighted by molar-refractivity contribution is -0.385. The molecule has 0 aliphatic carbocycles. The predicted molar refractivity (Wildman–Crippen MR) is 70.5 cm³/mol. The molecule has 0 spiro atoms. The SMILES string of the molecule is COC(=O)c1c([N+](=O)[O-])c(C)nn1Cc1ccccc1. The van der Waals surface area contributed by atoms with Gasteiger partial charge in [0.05, 0.1) is 18.6 Å². The summed E-state index contributed by atoms with van der Waals surface area (Å²) in [4.78, 5) is 22.2. The Morgan fingerprint density at radius 3 is 2.60 bits per heavy atom. The number of aromatic nitrogens is 2. The molecule has 7 nitrogen and oxygen atoms in total. The molecule has 0 radical (unpaired) electrons. The lowest BCUT2D eigenvalue weighted by Gasteiger charge is -2.05. The van der Waals surface area contributed by atoms with Crippen LogP contribution in [0, 0.1) is 17.0 Å². The summed E-state index contributed by atoms with van der Waals surface area (Å²) in [5.41, 5.74) is 0.619. The maximum atomic E-state index is 11.8. The summed E-state index contributed by atoms with van der Waals surface area (Å²) in [5.74, 6) is -0.770. The number of benzene rings is 1. The average Bonchev–Trinajstić information content (AvgIpc) is 2.75. The van der Waals surface area contributed by atoms with E-state index >= 15 is 0 Å². The van der Waals surface area contributed by atoms with Crippen LogP contribution in [-0.4, -0.2) is 27.8 Å². The van der Waals surface area contributed by atoms with Crippen LogP contribution >= 0.6 is 0 Å². The van der Waals surface area contributed by atoms with E-state index in [1.54, 1.807) is 0 Å². The number of nitro groups is 1. The van der Waals surface area contributed by atoms with Gasteiger partial charge in [0.1, 0.15) is 5.69 Å². The summed E-state index contributed by atoms with van der Waals surface area (Å²) < 4.78 is 5.91. The molecule has 0 saturated heterocycles. The summed E-state index contributed by atoms with van der Waals surface area (Å²) in [6, 6.07) is 9.26. The fraction of sp³-hybridized carbons (Fsp3) is 0.231. The molecule has 0 saturated carbocycles. The Balaban J connectivity index is 2.50. The first-order chi connectivity index (χ1) is 9.54. The second-order valence-electron chi connectivity index (χ2n) is 4.17. The number of carbonyl (C=O) groups excluding carboxylic acids is 1. The van der Waals surface area contributed by atoms with Gasteiger partial charge in [-0.05, 0) is 12.5 Å². The number of esters is 1. The van der Waals surface area contributed by atoms with E-state index in [-0.39, 0.29) is 23.6 Å². The number of methoxy groups -OCH3 is 1. The van der Waals surface area contributed by atoms with Crippen LogP contribution < -0.4 is 0 Å². The first kappa shape index (κ1) is 13.7. The van der Waals surface area contributed by atoms with Crippen molar-refractivity contribution >= 4 is 11.7 Å². The third kappa shape index (κ3) is 2.51. The van der Waals surface area contributed by atoms with Gasteiger partial charge in [-0.15, -0.1) is 0 Å². The highest BCUT2D eigenvalue weighted by atomic mass is 16.6. The molecule has 2 rings (SSSR count). The van der Waals surface area contributed by atoms with E-state index in [0.717, 1.165) is 5.56 Å². The van der Waals surface area contributed by atoms with Gasteiger partial charge in [0.25, 0.3) is 0 Å². The number of ether oxygens (including phenoxy) is 1. The van der Waals surface area contributed by atoms with Crippen molar-refractivity contribution < 1.29 is 14.5 Å². The quantitative estimate of drug-likeness (QED) is 0.483. The minimum atomic E-state index is -0.770. The smallest absolute Gasteiger partial charge is 0.363 e.